The van der Waals surface area contributed by atoms with Crippen molar-refractivity contribution >= 4 is 33.2 Å². The van der Waals surface area contributed by atoms with Gasteiger partial charge in [-0.3, -0.25) is 14.4 Å². The number of sulfonamides is 1. The molecular weight excluding hydrogens is 457 g/mol. The smallest absolute Gasteiger partial charge is 0.260 e. The van der Waals surface area contributed by atoms with Gasteiger partial charge in [0.05, 0.1) is 11.9 Å². The van der Waals surface area contributed by atoms with E-state index in [0.29, 0.717) is 24.7 Å². The first kappa shape index (κ1) is 24.3. The van der Waals surface area contributed by atoms with Crippen LogP contribution in [0.3, 0.4) is 0 Å². The third-order valence-corrected chi connectivity index (χ3v) is 6.15. The highest BCUT2D eigenvalue weighted by Gasteiger charge is 2.32. The molecule has 3 rings (SSSR count). The number of piperazine rings is 1. The fraction of sp³-hybridized carbons (Fsp3) is 0.409. The van der Waals surface area contributed by atoms with Gasteiger partial charge in [0.1, 0.15) is 11.6 Å². The van der Waals surface area contributed by atoms with E-state index in [0.717, 1.165) is 11.8 Å². The molecule has 1 N–H and O–H groups in total. The first-order chi connectivity index (χ1) is 15.0. The lowest BCUT2D eigenvalue weighted by molar-refractivity contribution is -0.139. The molecule has 7 nitrogen and oxygen atoms in total. The number of hydrogen-bond acceptors (Lipinski definition) is 5. The van der Waals surface area contributed by atoms with E-state index in [1.807, 2.05) is 13.8 Å². The van der Waals surface area contributed by atoms with Crippen molar-refractivity contribution in [2.45, 2.75) is 32.5 Å². The molecule has 32 heavy (non-hydrogen) atoms. The van der Waals surface area contributed by atoms with Crippen molar-refractivity contribution in [3.8, 4) is 5.75 Å². The number of anilines is 1. The van der Waals surface area contributed by atoms with Crippen molar-refractivity contribution < 1.29 is 22.3 Å². The van der Waals surface area contributed by atoms with Crippen LogP contribution in [0.5, 0.6) is 5.75 Å². The molecule has 0 aromatic heterocycles. The van der Waals surface area contributed by atoms with Gasteiger partial charge in [-0.2, -0.15) is 0 Å². The second kappa shape index (κ2) is 10.1. The third kappa shape index (κ3) is 6.57. The van der Waals surface area contributed by atoms with E-state index in [4.69, 9.17) is 16.3 Å². The molecule has 2 aromatic rings. The second-order valence-corrected chi connectivity index (χ2v) is 10.3. The number of benzene rings is 2. The SMILES string of the molecule is CC1CN(C(=O)COc2ccc(Cl)cc2NS(C)(=O)=O)C(C)CN1Cc1ccc(F)cc1. The first-order valence-electron chi connectivity index (χ1n) is 10.2. The van der Waals surface area contributed by atoms with Crippen LogP contribution in [0.25, 0.3) is 0 Å². The van der Waals surface area contributed by atoms with E-state index in [2.05, 4.69) is 9.62 Å². The van der Waals surface area contributed by atoms with Gasteiger partial charge in [-0.05, 0) is 49.7 Å². The average Bonchev–Trinajstić information content (AvgIpc) is 2.70. The van der Waals surface area contributed by atoms with Crippen LogP contribution in [0.2, 0.25) is 5.02 Å². The zero-order valence-electron chi connectivity index (χ0n) is 18.2. The standard InChI is InChI=1S/C22H27ClFN3O4S/c1-15-12-27(16(2)11-26(15)13-17-4-7-19(24)8-5-17)22(28)14-31-21-9-6-18(23)10-20(21)25-32(3,29)30/h4-10,15-16,25H,11-14H2,1-3H3. The van der Waals surface area contributed by atoms with Gasteiger partial charge in [-0.1, -0.05) is 23.7 Å². The molecule has 2 atom stereocenters. The minimum absolute atomic E-state index is 0.0402. The summed E-state index contributed by atoms with van der Waals surface area (Å²) in [5, 5.41) is 0.342. The molecule has 1 aliphatic rings. The molecular formula is C22H27ClFN3O4S. The van der Waals surface area contributed by atoms with Gasteiger partial charge >= 0.3 is 0 Å². The van der Waals surface area contributed by atoms with Crippen LogP contribution in [0.4, 0.5) is 10.1 Å². The number of nitrogens with zero attached hydrogens (tertiary/aromatic N) is 2. The second-order valence-electron chi connectivity index (χ2n) is 8.10. The number of hydrogen-bond donors (Lipinski definition) is 1. The maximum absolute atomic E-state index is 13.2. The molecule has 0 aliphatic carbocycles. The summed E-state index contributed by atoms with van der Waals surface area (Å²) in [5.41, 5.74) is 1.19. The third-order valence-electron chi connectivity index (χ3n) is 5.32. The molecule has 174 valence electrons. The van der Waals surface area contributed by atoms with Crippen molar-refractivity contribution in [2.75, 3.05) is 30.7 Å². The summed E-state index contributed by atoms with van der Waals surface area (Å²) in [6, 6.07) is 11.0. The highest BCUT2D eigenvalue weighted by atomic mass is 35.5. The fourth-order valence-electron chi connectivity index (χ4n) is 3.72. The molecule has 2 unspecified atom stereocenters. The van der Waals surface area contributed by atoms with Crippen LogP contribution in [0.1, 0.15) is 19.4 Å². The molecule has 1 heterocycles. The summed E-state index contributed by atoms with van der Waals surface area (Å²) in [4.78, 5) is 16.9. The summed E-state index contributed by atoms with van der Waals surface area (Å²) in [7, 11) is -3.54. The lowest BCUT2D eigenvalue weighted by atomic mass is 10.1. The predicted molar refractivity (Wildman–Crippen MR) is 123 cm³/mol. The van der Waals surface area contributed by atoms with E-state index in [1.54, 1.807) is 23.1 Å². The Labute approximate surface area is 193 Å². The van der Waals surface area contributed by atoms with Crippen molar-refractivity contribution in [3.05, 3.63) is 58.9 Å². The summed E-state index contributed by atoms with van der Waals surface area (Å²) in [6.45, 7) is 5.67. The van der Waals surface area contributed by atoms with E-state index < -0.39 is 10.0 Å². The number of carbonyl (C=O) groups is 1. The van der Waals surface area contributed by atoms with Gasteiger partial charge in [-0.15, -0.1) is 0 Å². The Balaban J connectivity index is 1.61. The molecule has 0 spiro atoms. The highest BCUT2D eigenvalue weighted by molar-refractivity contribution is 7.92. The largest absolute Gasteiger partial charge is 0.482 e. The first-order valence-corrected chi connectivity index (χ1v) is 12.5. The van der Waals surface area contributed by atoms with E-state index in [-0.39, 0.29) is 41.9 Å². The number of ether oxygens (including phenoxy) is 1. The highest BCUT2D eigenvalue weighted by Crippen LogP contribution is 2.29. The molecule has 1 saturated heterocycles. The Bertz CT molecular complexity index is 1070. The Morgan fingerprint density at radius 1 is 1.16 bits per heavy atom. The lowest BCUT2D eigenvalue weighted by Crippen LogP contribution is -2.58. The Morgan fingerprint density at radius 2 is 1.84 bits per heavy atom. The summed E-state index contributed by atoms with van der Waals surface area (Å²) < 4.78 is 44.3. The van der Waals surface area contributed by atoms with Crippen molar-refractivity contribution in [2.24, 2.45) is 0 Å². The average molecular weight is 484 g/mol. The quantitative estimate of drug-likeness (QED) is 0.653. The number of rotatable bonds is 7. The maximum Gasteiger partial charge on any atom is 0.260 e. The van der Waals surface area contributed by atoms with Gasteiger partial charge in [0, 0.05) is 36.7 Å². The molecule has 1 aliphatic heterocycles. The van der Waals surface area contributed by atoms with Gasteiger partial charge < -0.3 is 9.64 Å². The number of halogens is 2. The molecule has 0 radical (unpaired) electrons. The van der Waals surface area contributed by atoms with E-state index in [9.17, 15) is 17.6 Å². The van der Waals surface area contributed by atoms with Gasteiger partial charge in [0.15, 0.2) is 6.61 Å². The fourth-order valence-corrected chi connectivity index (χ4v) is 4.45. The van der Waals surface area contributed by atoms with Crippen LogP contribution < -0.4 is 9.46 Å². The Morgan fingerprint density at radius 3 is 2.50 bits per heavy atom. The van der Waals surface area contributed by atoms with Gasteiger partial charge in [0.2, 0.25) is 10.0 Å². The predicted octanol–water partition coefficient (Wildman–Crippen LogP) is 3.35. The maximum atomic E-state index is 13.2. The van der Waals surface area contributed by atoms with Crippen molar-refractivity contribution in [1.82, 2.24) is 9.80 Å². The van der Waals surface area contributed by atoms with Crippen LogP contribution in [0.15, 0.2) is 42.5 Å². The monoisotopic (exact) mass is 483 g/mol. The van der Waals surface area contributed by atoms with E-state index >= 15 is 0 Å². The molecule has 2 aromatic carbocycles. The molecule has 1 amide bonds. The minimum Gasteiger partial charge on any atom is -0.482 e. The van der Waals surface area contributed by atoms with Gasteiger partial charge in [0.25, 0.3) is 5.91 Å². The summed E-state index contributed by atoms with van der Waals surface area (Å²) in [5.74, 6) is -0.226. The summed E-state index contributed by atoms with van der Waals surface area (Å²) >= 11 is 5.96. The van der Waals surface area contributed by atoms with Crippen LogP contribution in [-0.4, -0.2) is 62.2 Å². The number of carbonyl (C=O) groups excluding carboxylic acids is 1. The Kier molecular flexibility index (Phi) is 7.63. The zero-order valence-corrected chi connectivity index (χ0v) is 19.8. The van der Waals surface area contributed by atoms with Crippen LogP contribution in [-0.2, 0) is 21.4 Å². The Hall–Kier alpha value is -2.36. The molecule has 0 bridgehead atoms. The molecule has 1 fully saturated rings. The van der Waals surface area contributed by atoms with Crippen molar-refractivity contribution in [1.29, 1.82) is 0 Å². The van der Waals surface area contributed by atoms with E-state index in [1.165, 1.54) is 24.3 Å². The zero-order chi connectivity index (χ0) is 23.5. The summed E-state index contributed by atoms with van der Waals surface area (Å²) in [6.07, 6.45) is 1.03. The molecule has 0 saturated carbocycles. The number of amides is 1. The molecule has 10 heteroatoms. The number of nitrogens with one attached hydrogen (secondary N) is 1. The topological polar surface area (TPSA) is 79.0 Å². The minimum atomic E-state index is -3.54. The van der Waals surface area contributed by atoms with Crippen LogP contribution in [0, 0.1) is 5.82 Å². The lowest BCUT2D eigenvalue weighted by Gasteiger charge is -2.44. The van der Waals surface area contributed by atoms with Gasteiger partial charge in [-0.25, -0.2) is 12.8 Å². The normalized spacial score (nSPS) is 19.6. The van der Waals surface area contributed by atoms with Crippen molar-refractivity contribution in [3.63, 3.8) is 0 Å². The van der Waals surface area contributed by atoms with Crippen LogP contribution >= 0.6 is 11.6 Å².